The van der Waals surface area contributed by atoms with Gasteiger partial charge in [-0.3, -0.25) is 10.1 Å². The number of fused-ring (bicyclic) bond motifs is 2. The molecule has 1 N–H and O–H groups in total. The first-order valence-corrected chi connectivity index (χ1v) is 14.1. The Morgan fingerprint density at radius 3 is 2.33 bits per heavy atom. The van der Waals surface area contributed by atoms with E-state index in [2.05, 4.69) is 64.2 Å². The Morgan fingerprint density at radius 2 is 1.57 bits per heavy atom. The molecule has 0 saturated carbocycles. The van der Waals surface area contributed by atoms with E-state index in [0.29, 0.717) is 18.9 Å². The number of rotatable bonds is 6. The van der Waals surface area contributed by atoms with Crippen molar-refractivity contribution in [3.05, 3.63) is 118 Å². The molecule has 0 spiro atoms. The van der Waals surface area contributed by atoms with E-state index in [9.17, 15) is 4.79 Å². The number of para-hydroxylation sites is 2. The highest BCUT2D eigenvalue weighted by molar-refractivity contribution is 6.02. The number of carbonyl (C=O) groups excluding carboxylic acids is 1. The maximum absolute atomic E-state index is 13.3. The highest BCUT2D eigenvalue weighted by Gasteiger charge is 2.37. The fourth-order valence-electron chi connectivity index (χ4n) is 6.00. The maximum atomic E-state index is 13.3. The molecule has 5 aromatic rings. The van der Waals surface area contributed by atoms with Crippen molar-refractivity contribution in [2.24, 2.45) is 0 Å². The molecule has 0 radical (unpaired) electrons. The molecule has 3 aromatic carbocycles. The summed E-state index contributed by atoms with van der Waals surface area (Å²) in [6.07, 6.45) is 3.02. The number of imidazole rings is 1. The van der Waals surface area contributed by atoms with Gasteiger partial charge in [0.25, 0.3) is 5.91 Å². The monoisotopic (exact) mass is 531 g/mol. The number of hydrogen-bond acceptors (Lipinski definition) is 3. The van der Waals surface area contributed by atoms with Crippen LogP contribution in [0.4, 0.5) is 5.95 Å². The molecule has 1 amide bonds. The van der Waals surface area contributed by atoms with Crippen molar-refractivity contribution in [1.29, 1.82) is 0 Å². The van der Waals surface area contributed by atoms with Gasteiger partial charge in [-0.1, -0.05) is 82.3 Å². The third kappa shape index (κ3) is 4.85. The highest BCUT2D eigenvalue weighted by atomic mass is 16.3. The molecule has 1 aliphatic carbocycles. The van der Waals surface area contributed by atoms with Crippen LogP contribution in [0.2, 0.25) is 0 Å². The molecule has 5 heteroatoms. The first-order valence-electron chi connectivity index (χ1n) is 14.1. The lowest BCUT2D eigenvalue weighted by Gasteiger charge is -2.42. The number of nitrogens with one attached hydrogen (secondary N) is 1. The Bertz CT molecular complexity index is 1710. The van der Waals surface area contributed by atoms with Crippen molar-refractivity contribution >= 4 is 22.9 Å². The first-order chi connectivity index (χ1) is 19.1. The van der Waals surface area contributed by atoms with Gasteiger partial charge in [-0.2, -0.15) is 0 Å². The standard InChI is InChI=1S/C35H37N3O2/c1-23-19-27-28(35(4,5)18-17-34(27,2)3)21-25(23)20-26-15-16-31(40-26)32(39)37-33-36-29-13-9-10-14-30(29)38(33)22-24-11-7-6-8-12-24/h6-16,19,21H,17-18,20,22H2,1-5H3,(H,36,37,39). The van der Waals surface area contributed by atoms with E-state index in [1.54, 1.807) is 6.07 Å². The largest absolute Gasteiger partial charge is 0.456 e. The van der Waals surface area contributed by atoms with Crippen LogP contribution in [-0.2, 0) is 23.8 Å². The second-order valence-corrected chi connectivity index (χ2v) is 12.5. The van der Waals surface area contributed by atoms with E-state index in [1.807, 2.05) is 53.1 Å². The van der Waals surface area contributed by atoms with Crippen molar-refractivity contribution in [2.45, 2.75) is 71.3 Å². The minimum absolute atomic E-state index is 0.146. The number of carbonyl (C=O) groups is 1. The van der Waals surface area contributed by atoms with Crippen LogP contribution < -0.4 is 5.32 Å². The molecule has 5 nitrogen and oxygen atoms in total. The molecule has 1 aliphatic rings. The number of hydrogen-bond donors (Lipinski definition) is 1. The summed E-state index contributed by atoms with van der Waals surface area (Å²) in [5.41, 5.74) is 8.67. The zero-order valence-electron chi connectivity index (χ0n) is 24.0. The van der Waals surface area contributed by atoms with Crippen LogP contribution in [0.3, 0.4) is 0 Å². The number of anilines is 1. The van der Waals surface area contributed by atoms with Gasteiger partial charge in [-0.25, -0.2) is 4.98 Å². The summed E-state index contributed by atoms with van der Waals surface area (Å²) in [6.45, 7) is 12.2. The topological polar surface area (TPSA) is 60.1 Å². The summed E-state index contributed by atoms with van der Waals surface area (Å²) in [4.78, 5) is 18.0. The first kappa shape index (κ1) is 26.1. The van der Waals surface area contributed by atoms with E-state index < -0.39 is 0 Å². The van der Waals surface area contributed by atoms with Crippen LogP contribution >= 0.6 is 0 Å². The third-order valence-electron chi connectivity index (χ3n) is 8.62. The Balaban J connectivity index is 1.25. The van der Waals surface area contributed by atoms with Crippen LogP contribution in [0.15, 0.2) is 83.3 Å². The van der Waals surface area contributed by atoms with Crippen LogP contribution in [0, 0.1) is 6.92 Å². The van der Waals surface area contributed by atoms with Crippen LogP contribution in [0.1, 0.15) is 84.7 Å². The van der Waals surface area contributed by atoms with Gasteiger partial charge in [0, 0.05) is 6.42 Å². The number of aryl methyl sites for hydroxylation is 1. The van der Waals surface area contributed by atoms with Gasteiger partial charge in [-0.15, -0.1) is 0 Å². The molecule has 0 unspecified atom stereocenters. The van der Waals surface area contributed by atoms with Gasteiger partial charge in [0.1, 0.15) is 5.76 Å². The number of benzene rings is 3. The fraction of sp³-hybridized carbons (Fsp3) is 0.314. The van der Waals surface area contributed by atoms with Crippen molar-refractivity contribution in [2.75, 3.05) is 5.32 Å². The lowest BCUT2D eigenvalue weighted by molar-refractivity contribution is 0.0994. The number of aromatic nitrogens is 2. The van der Waals surface area contributed by atoms with Gasteiger partial charge in [0.05, 0.1) is 17.6 Å². The van der Waals surface area contributed by atoms with Gasteiger partial charge in [0.15, 0.2) is 5.76 Å². The Kier molecular flexibility index (Phi) is 6.41. The second-order valence-electron chi connectivity index (χ2n) is 12.5. The molecule has 40 heavy (non-hydrogen) atoms. The number of furan rings is 1. The molecule has 0 aliphatic heterocycles. The average Bonchev–Trinajstić information content (AvgIpc) is 3.53. The van der Waals surface area contributed by atoms with Crippen LogP contribution in [0.25, 0.3) is 11.0 Å². The van der Waals surface area contributed by atoms with E-state index >= 15 is 0 Å². The predicted molar refractivity (Wildman–Crippen MR) is 161 cm³/mol. The molecule has 2 heterocycles. The summed E-state index contributed by atoms with van der Waals surface area (Å²) in [6, 6.07) is 26.5. The molecule has 2 aromatic heterocycles. The summed E-state index contributed by atoms with van der Waals surface area (Å²) < 4.78 is 8.13. The molecule has 0 bridgehead atoms. The Hall–Kier alpha value is -4.12. The number of amides is 1. The van der Waals surface area contributed by atoms with Crippen LogP contribution in [0.5, 0.6) is 0 Å². The van der Waals surface area contributed by atoms with E-state index in [1.165, 1.54) is 35.1 Å². The predicted octanol–water partition coefficient (Wildman–Crippen LogP) is 8.18. The molecular weight excluding hydrogens is 494 g/mol. The summed E-state index contributed by atoms with van der Waals surface area (Å²) in [5, 5.41) is 3.00. The van der Waals surface area contributed by atoms with Crippen molar-refractivity contribution in [3.8, 4) is 0 Å². The molecule has 0 saturated heterocycles. The fourth-order valence-corrected chi connectivity index (χ4v) is 6.00. The Morgan fingerprint density at radius 1 is 0.900 bits per heavy atom. The van der Waals surface area contributed by atoms with Crippen molar-refractivity contribution in [3.63, 3.8) is 0 Å². The van der Waals surface area contributed by atoms with Crippen molar-refractivity contribution < 1.29 is 9.21 Å². The zero-order chi connectivity index (χ0) is 28.1. The van der Waals surface area contributed by atoms with Gasteiger partial charge in [0.2, 0.25) is 5.95 Å². The molecule has 204 valence electrons. The molecule has 0 atom stereocenters. The quantitative estimate of drug-likeness (QED) is 0.240. The Labute approximate surface area is 236 Å². The smallest absolute Gasteiger partial charge is 0.293 e. The summed E-state index contributed by atoms with van der Waals surface area (Å²) >= 11 is 0. The van der Waals surface area contributed by atoms with Crippen molar-refractivity contribution in [1.82, 2.24) is 9.55 Å². The molecular formula is C35H37N3O2. The van der Waals surface area contributed by atoms with E-state index in [0.717, 1.165) is 22.4 Å². The van der Waals surface area contributed by atoms with E-state index in [-0.39, 0.29) is 22.5 Å². The molecule has 0 fully saturated rings. The van der Waals surface area contributed by atoms with E-state index in [4.69, 9.17) is 9.40 Å². The normalized spacial score (nSPS) is 15.6. The average molecular weight is 532 g/mol. The zero-order valence-corrected chi connectivity index (χ0v) is 24.0. The van der Waals surface area contributed by atoms with Crippen LogP contribution in [-0.4, -0.2) is 15.5 Å². The van der Waals surface area contributed by atoms with Gasteiger partial charge < -0.3 is 8.98 Å². The SMILES string of the molecule is Cc1cc2c(cc1Cc1ccc(C(=O)Nc3nc4ccccc4n3Cc3ccccc3)o1)C(C)(C)CCC2(C)C. The summed E-state index contributed by atoms with van der Waals surface area (Å²) in [5.74, 6) is 1.26. The lowest BCUT2D eigenvalue weighted by atomic mass is 9.62. The number of nitrogens with zero attached hydrogens (tertiary/aromatic N) is 2. The minimum atomic E-state index is -0.305. The molecule has 6 rings (SSSR count). The summed E-state index contributed by atoms with van der Waals surface area (Å²) in [7, 11) is 0. The second kappa shape index (κ2) is 9.81. The van der Waals surface area contributed by atoms with Gasteiger partial charge in [-0.05, 0) is 82.7 Å². The third-order valence-corrected chi connectivity index (χ3v) is 8.62. The minimum Gasteiger partial charge on any atom is -0.456 e. The van der Waals surface area contributed by atoms with Gasteiger partial charge >= 0.3 is 0 Å². The highest BCUT2D eigenvalue weighted by Crippen LogP contribution is 2.46. The lowest BCUT2D eigenvalue weighted by Crippen LogP contribution is -2.34. The maximum Gasteiger partial charge on any atom is 0.293 e.